The summed E-state index contributed by atoms with van der Waals surface area (Å²) in [4.78, 5) is 35.1. The Morgan fingerprint density at radius 1 is 1.21 bits per heavy atom. The van der Waals surface area contributed by atoms with Crippen molar-refractivity contribution in [3.8, 4) is 0 Å². The first kappa shape index (κ1) is 17.2. The van der Waals surface area contributed by atoms with Gasteiger partial charge in [0.25, 0.3) is 5.91 Å². The topological polar surface area (TPSA) is 102 Å². The second-order valence-electron chi connectivity index (χ2n) is 5.09. The molecule has 2 aromatic rings. The maximum atomic E-state index is 11.9. The molecule has 2 N–H and O–H groups in total. The minimum absolute atomic E-state index is 0.187. The summed E-state index contributed by atoms with van der Waals surface area (Å²) in [6.07, 6.45) is 0. The van der Waals surface area contributed by atoms with Crippen LogP contribution in [0.25, 0.3) is 0 Å². The van der Waals surface area contributed by atoms with Gasteiger partial charge in [-0.15, -0.1) is 0 Å². The van der Waals surface area contributed by atoms with E-state index >= 15 is 0 Å². The zero-order valence-corrected chi connectivity index (χ0v) is 13.6. The van der Waals surface area contributed by atoms with Crippen LogP contribution in [0.5, 0.6) is 0 Å². The van der Waals surface area contributed by atoms with Gasteiger partial charge in [0.05, 0.1) is 19.2 Å². The van der Waals surface area contributed by atoms with Crippen molar-refractivity contribution in [2.24, 2.45) is 7.05 Å². The lowest BCUT2D eigenvalue weighted by molar-refractivity contribution is -0.115. The van der Waals surface area contributed by atoms with Gasteiger partial charge >= 0.3 is 5.97 Å². The van der Waals surface area contributed by atoms with Crippen molar-refractivity contribution in [1.29, 1.82) is 0 Å². The normalized spacial score (nSPS) is 10.1. The summed E-state index contributed by atoms with van der Waals surface area (Å²) in [7, 11) is 3.03. The number of aryl methyl sites for hydroxylation is 2. The number of carbonyl (C=O) groups is 3. The van der Waals surface area contributed by atoms with Gasteiger partial charge in [0.1, 0.15) is 5.69 Å². The molecule has 0 bridgehead atoms. The lowest BCUT2D eigenvalue weighted by Gasteiger charge is -2.07. The molecule has 0 fully saturated rings. The van der Waals surface area contributed by atoms with E-state index in [2.05, 4.69) is 20.5 Å². The highest BCUT2D eigenvalue weighted by atomic mass is 16.5. The maximum absolute atomic E-state index is 11.9. The number of methoxy groups -OCH3 is 1. The average Bonchev–Trinajstić information content (AvgIpc) is 2.92. The molecule has 2 amide bonds. The largest absolute Gasteiger partial charge is 0.465 e. The minimum atomic E-state index is -0.453. The maximum Gasteiger partial charge on any atom is 0.337 e. The van der Waals surface area contributed by atoms with Crippen molar-refractivity contribution in [2.75, 3.05) is 19.0 Å². The molecule has 0 aliphatic heterocycles. The van der Waals surface area contributed by atoms with Crippen LogP contribution in [-0.2, 0) is 16.6 Å². The summed E-state index contributed by atoms with van der Waals surface area (Å²) in [5.74, 6) is -1.26. The van der Waals surface area contributed by atoms with Crippen LogP contribution < -0.4 is 10.6 Å². The number of amides is 2. The van der Waals surface area contributed by atoms with E-state index in [9.17, 15) is 14.4 Å². The molecule has 1 heterocycles. The Hall–Kier alpha value is -3.16. The number of nitrogens with zero attached hydrogens (tertiary/aromatic N) is 2. The molecular weight excluding hydrogens is 312 g/mol. The summed E-state index contributed by atoms with van der Waals surface area (Å²) in [5.41, 5.74) is 1.99. The molecule has 0 saturated carbocycles. The SMILES string of the molecule is COC(=O)c1ccc(NC(=O)CNC(=O)c2cc(C)n(C)n2)cc1. The molecule has 24 heavy (non-hydrogen) atoms. The van der Waals surface area contributed by atoms with E-state index in [0.29, 0.717) is 11.3 Å². The van der Waals surface area contributed by atoms with E-state index < -0.39 is 11.9 Å². The quantitative estimate of drug-likeness (QED) is 0.793. The summed E-state index contributed by atoms with van der Waals surface area (Å²) < 4.78 is 6.17. The number of benzene rings is 1. The molecule has 0 radical (unpaired) electrons. The van der Waals surface area contributed by atoms with E-state index in [0.717, 1.165) is 5.69 Å². The number of nitrogens with one attached hydrogen (secondary N) is 2. The second kappa shape index (κ2) is 7.40. The molecule has 0 aliphatic carbocycles. The number of rotatable bonds is 5. The third kappa shape index (κ3) is 4.19. The summed E-state index contributed by atoms with van der Waals surface area (Å²) in [5, 5.41) is 9.15. The Bertz CT molecular complexity index is 745. The first-order chi connectivity index (χ1) is 11.4. The summed E-state index contributed by atoms with van der Waals surface area (Å²) in [6, 6.07) is 7.87. The van der Waals surface area contributed by atoms with E-state index in [1.54, 1.807) is 29.9 Å². The standard InChI is InChI=1S/C16H18N4O4/c1-10-8-13(19-20(10)2)15(22)17-9-14(21)18-12-6-4-11(5-7-12)16(23)24-3/h4-8H,9H2,1-3H3,(H,17,22)(H,18,21). The Kier molecular flexibility index (Phi) is 5.31. The lowest BCUT2D eigenvalue weighted by atomic mass is 10.2. The minimum Gasteiger partial charge on any atom is -0.465 e. The van der Waals surface area contributed by atoms with Crippen LogP contribution in [-0.4, -0.2) is 41.2 Å². The fraction of sp³-hybridized carbons (Fsp3) is 0.250. The molecule has 0 saturated heterocycles. The zero-order chi connectivity index (χ0) is 17.7. The third-order valence-corrected chi connectivity index (χ3v) is 3.35. The van der Waals surface area contributed by atoms with Crippen molar-refractivity contribution >= 4 is 23.5 Å². The summed E-state index contributed by atoms with van der Waals surface area (Å²) >= 11 is 0. The van der Waals surface area contributed by atoms with Gasteiger partial charge in [0.15, 0.2) is 0 Å². The highest BCUT2D eigenvalue weighted by Gasteiger charge is 2.12. The first-order valence-corrected chi connectivity index (χ1v) is 7.17. The summed E-state index contributed by atoms with van der Waals surface area (Å²) in [6.45, 7) is 1.64. The number of anilines is 1. The van der Waals surface area contributed by atoms with Crippen molar-refractivity contribution in [2.45, 2.75) is 6.92 Å². The number of esters is 1. The van der Waals surface area contributed by atoms with Gasteiger partial charge in [-0.25, -0.2) is 4.79 Å². The van der Waals surface area contributed by atoms with Crippen molar-refractivity contribution < 1.29 is 19.1 Å². The molecule has 126 valence electrons. The smallest absolute Gasteiger partial charge is 0.337 e. The number of aromatic nitrogens is 2. The van der Waals surface area contributed by atoms with Crippen LogP contribution in [0.4, 0.5) is 5.69 Å². The van der Waals surface area contributed by atoms with Gasteiger partial charge in [0, 0.05) is 18.4 Å². The van der Waals surface area contributed by atoms with Gasteiger partial charge < -0.3 is 15.4 Å². The molecular formula is C16H18N4O4. The highest BCUT2D eigenvalue weighted by molar-refractivity contribution is 5.98. The Labute approximate surface area is 138 Å². The first-order valence-electron chi connectivity index (χ1n) is 7.17. The van der Waals surface area contributed by atoms with Crippen LogP contribution >= 0.6 is 0 Å². The van der Waals surface area contributed by atoms with Gasteiger partial charge in [-0.2, -0.15) is 5.10 Å². The molecule has 8 heteroatoms. The fourth-order valence-electron chi connectivity index (χ4n) is 1.94. The van der Waals surface area contributed by atoms with E-state index in [-0.39, 0.29) is 18.1 Å². The Morgan fingerprint density at radius 3 is 2.42 bits per heavy atom. The lowest BCUT2D eigenvalue weighted by Crippen LogP contribution is -2.33. The van der Waals surface area contributed by atoms with E-state index in [1.807, 2.05) is 6.92 Å². The highest BCUT2D eigenvalue weighted by Crippen LogP contribution is 2.10. The Balaban J connectivity index is 1.87. The Morgan fingerprint density at radius 2 is 1.88 bits per heavy atom. The van der Waals surface area contributed by atoms with Gasteiger partial charge in [-0.05, 0) is 37.3 Å². The number of carbonyl (C=O) groups excluding carboxylic acids is 3. The molecule has 2 rings (SSSR count). The van der Waals surface area contributed by atoms with Gasteiger partial charge in [-0.1, -0.05) is 0 Å². The molecule has 8 nitrogen and oxygen atoms in total. The van der Waals surface area contributed by atoms with Crippen LogP contribution in [0, 0.1) is 6.92 Å². The molecule has 1 aromatic heterocycles. The number of ether oxygens (including phenoxy) is 1. The molecule has 0 atom stereocenters. The van der Waals surface area contributed by atoms with Crippen LogP contribution in [0.2, 0.25) is 0 Å². The van der Waals surface area contributed by atoms with Crippen LogP contribution in [0.15, 0.2) is 30.3 Å². The number of hydrogen-bond donors (Lipinski definition) is 2. The monoisotopic (exact) mass is 330 g/mol. The van der Waals surface area contributed by atoms with E-state index in [4.69, 9.17) is 0 Å². The van der Waals surface area contributed by atoms with Gasteiger partial charge in [-0.3, -0.25) is 14.3 Å². The molecule has 0 unspecified atom stereocenters. The predicted octanol–water partition coefficient (Wildman–Crippen LogP) is 0.884. The molecule has 0 aliphatic rings. The second-order valence-corrected chi connectivity index (χ2v) is 5.09. The number of hydrogen-bond acceptors (Lipinski definition) is 5. The predicted molar refractivity (Wildman–Crippen MR) is 86.7 cm³/mol. The zero-order valence-electron chi connectivity index (χ0n) is 13.6. The van der Waals surface area contributed by atoms with Crippen LogP contribution in [0.1, 0.15) is 26.5 Å². The van der Waals surface area contributed by atoms with E-state index in [1.165, 1.54) is 19.2 Å². The van der Waals surface area contributed by atoms with Crippen molar-refractivity contribution in [3.63, 3.8) is 0 Å². The van der Waals surface area contributed by atoms with Gasteiger partial charge in [0.2, 0.25) is 5.91 Å². The third-order valence-electron chi connectivity index (χ3n) is 3.35. The average molecular weight is 330 g/mol. The van der Waals surface area contributed by atoms with Crippen molar-refractivity contribution in [3.05, 3.63) is 47.3 Å². The fourth-order valence-corrected chi connectivity index (χ4v) is 1.94. The molecule has 0 spiro atoms. The molecule has 1 aromatic carbocycles. The van der Waals surface area contributed by atoms with Crippen LogP contribution in [0.3, 0.4) is 0 Å². The van der Waals surface area contributed by atoms with Crippen molar-refractivity contribution in [1.82, 2.24) is 15.1 Å².